The second-order valence-corrected chi connectivity index (χ2v) is 8.04. The van der Waals surface area contributed by atoms with Crippen LogP contribution in [-0.4, -0.2) is 47.9 Å². The molecule has 33 heavy (non-hydrogen) atoms. The molecule has 4 aromatic rings. The Kier molecular flexibility index (Phi) is 5.76. The molecule has 1 aliphatic heterocycles. The number of pyridine rings is 1. The fraction of sp³-hybridized carbons (Fsp3) is 0.192. The highest BCUT2D eigenvalue weighted by molar-refractivity contribution is 6.04. The summed E-state index contributed by atoms with van der Waals surface area (Å²) >= 11 is 0. The summed E-state index contributed by atoms with van der Waals surface area (Å²) in [4.78, 5) is 33.7. The number of carbonyl (C=O) groups excluding carboxylic acids is 2. The summed E-state index contributed by atoms with van der Waals surface area (Å²) in [6, 6.07) is 22.8. The van der Waals surface area contributed by atoms with Crippen LogP contribution in [0.4, 0.5) is 11.5 Å². The first kappa shape index (κ1) is 20.8. The third kappa shape index (κ3) is 4.72. The van der Waals surface area contributed by atoms with Gasteiger partial charge in [-0.1, -0.05) is 48.5 Å². The van der Waals surface area contributed by atoms with Gasteiger partial charge in [-0.2, -0.15) is 0 Å². The number of aromatic nitrogens is 1. The van der Waals surface area contributed by atoms with Gasteiger partial charge < -0.3 is 19.5 Å². The molecule has 7 heteroatoms. The van der Waals surface area contributed by atoms with Gasteiger partial charge in [0.15, 0.2) is 5.76 Å². The van der Waals surface area contributed by atoms with E-state index in [1.54, 1.807) is 12.3 Å². The standard InChI is InChI=1S/C26H24N4O3/c31-25(16-19-6-2-1-3-7-19)30-14-12-29(13-15-30)24-11-10-21(18-27-24)28-26(32)23-17-20-8-4-5-9-22(20)33-23/h1-11,17-18H,12-16H2,(H,28,32). The minimum absolute atomic E-state index is 0.150. The molecule has 166 valence electrons. The van der Waals surface area contributed by atoms with E-state index in [-0.39, 0.29) is 17.6 Å². The van der Waals surface area contributed by atoms with Crippen molar-refractivity contribution in [2.45, 2.75) is 6.42 Å². The smallest absolute Gasteiger partial charge is 0.291 e. The molecule has 2 aromatic carbocycles. The number of para-hydroxylation sites is 1. The van der Waals surface area contributed by atoms with E-state index in [0.717, 1.165) is 29.9 Å². The Labute approximate surface area is 191 Å². The Morgan fingerprint density at radius 1 is 0.909 bits per heavy atom. The average molecular weight is 441 g/mol. The van der Waals surface area contributed by atoms with Crippen LogP contribution in [-0.2, 0) is 11.2 Å². The zero-order valence-electron chi connectivity index (χ0n) is 18.1. The number of hydrogen-bond donors (Lipinski definition) is 1. The predicted molar refractivity (Wildman–Crippen MR) is 127 cm³/mol. The van der Waals surface area contributed by atoms with Gasteiger partial charge in [0.2, 0.25) is 5.91 Å². The number of anilines is 2. The summed E-state index contributed by atoms with van der Waals surface area (Å²) in [5.41, 5.74) is 2.31. The molecule has 7 nitrogen and oxygen atoms in total. The second kappa shape index (κ2) is 9.16. The first-order chi connectivity index (χ1) is 16.2. The Balaban J connectivity index is 1.15. The lowest BCUT2D eigenvalue weighted by Gasteiger charge is -2.35. The number of furan rings is 1. The Bertz CT molecular complexity index is 1230. The zero-order chi connectivity index (χ0) is 22.6. The molecule has 1 saturated heterocycles. The number of carbonyl (C=O) groups is 2. The van der Waals surface area contributed by atoms with Gasteiger partial charge >= 0.3 is 0 Å². The highest BCUT2D eigenvalue weighted by Gasteiger charge is 2.22. The lowest BCUT2D eigenvalue weighted by Crippen LogP contribution is -2.49. The Morgan fingerprint density at radius 3 is 2.39 bits per heavy atom. The van der Waals surface area contributed by atoms with Crippen molar-refractivity contribution in [2.75, 3.05) is 36.4 Å². The van der Waals surface area contributed by atoms with Crippen LogP contribution >= 0.6 is 0 Å². The van der Waals surface area contributed by atoms with E-state index in [0.29, 0.717) is 30.8 Å². The van der Waals surface area contributed by atoms with E-state index in [9.17, 15) is 9.59 Å². The van der Waals surface area contributed by atoms with Crippen LogP contribution in [0.3, 0.4) is 0 Å². The van der Waals surface area contributed by atoms with Crippen molar-refractivity contribution in [1.82, 2.24) is 9.88 Å². The molecule has 2 amide bonds. The SMILES string of the molecule is O=C(Nc1ccc(N2CCN(C(=O)Cc3ccccc3)CC2)nc1)c1cc2ccccc2o1. The molecule has 3 heterocycles. The van der Waals surface area contributed by atoms with Crippen molar-refractivity contribution in [3.8, 4) is 0 Å². The zero-order valence-corrected chi connectivity index (χ0v) is 18.1. The van der Waals surface area contributed by atoms with Gasteiger partial charge in [0.05, 0.1) is 18.3 Å². The van der Waals surface area contributed by atoms with Crippen LogP contribution in [0.15, 0.2) is 83.4 Å². The van der Waals surface area contributed by atoms with E-state index in [2.05, 4.69) is 15.2 Å². The normalized spacial score (nSPS) is 13.8. The Morgan fingerprint density at radius 2 is 1.67 bits per heavy atom. The fourth-order valence-electron chi connectivity index (χ4n) is 4.00. The van der Waals surface area contributed by atoms with Crippen LogP contribution in [0.25, 0.3) is 11.0 Å². The topological polar surface area (TPSA) is 78.7 Å². The van der Waals surface area contributed by atoms with E-state index in [1.807, 2.05) is 71.6 Å². The van der Waals surface area contributed by atoms with E-state index in [4.69, 9.17) is 4.42 Å². The number of amides is 2. The molecule has 0 radical (unpaired) electrons. The van der Waals surface area contributed by atoms with Crippen molar-refractivity contribution < 1.29 is 14.0 Å². The van der Waals surface area contributed by atoms with E-state index >= 15 is 0 Å². The van der Waals surface area contributed by atoms with Crippen LogP contribution in [0.1, 0.15) is 16.1 Å². The monoisotopic (exact) mass is 440 g/mol. The maximum Gasteiger partial charge on any atom is 0.291 e. The molecular formula is C26H24N4O3. The summed E-state index contributed by atoms with van der Waals surface area (Å²) in [5, 5.41) is 3.71. The predicted octanol–water partition coefficient (Wildman–Crippen LogP) is 3.97. The van der Waals surface area contributed by atoms with Crippen molar-refractivity contribution in [3.05, 3.63) is 90.3 Å². The van der Waals surface area contributed by atoms with Crippen LogP contribution < -0.4 is 10.2 Å². The number of nitrogens with one attached hydrogen (secondary N) is 1. The third-order valence-corrected chi connectivity index (χ3v) is 5.81. The largest absolute Gasteiger partial charge is 0.451 e. The van der Waals surface area contributed by atoms with Crippen molar-refractivity contribution in [2.24, 2.45) is 0 Å². The lowest BCUT2D eigenvalue weighted by atomic mass is 10.1. The molecule has 5 rings (SSSR count). The molecule has 1 aliphatic rings. The summed E-state index contributed by atoms with van der Waals surface area (Å²) in [6.45, 7) is 2.77. The number of piperazine rings is 1. The summed E-state index contributed by atoms with van der Waals surface area (Å²) in [6.07, 6.45) is 2.07. The number of fused-ring (bicyclic) bond motifs is 1. The number of benzene rings is 2. The van der Waals surface area contributed by atoms with E-state index in [1.165, 1.54) is 0 Å². The highest BCUT2D eigenvalue weighted by atomic mass is 16.3. The van der Waals surface area contributed by atoms with Gasteiger partial charge in [0, 0.05) is 31.6 Å². The first-order valence-corrected chi connectivity index (χ1v) is 11.0. The maximum absolute atomic E-state index is 12.6. The molecule has 0 saturated carbocycles. The van der Waals surface area contributed by atoms with Gasteiger partial charge in [-0.3, -0.25) is 9.59 Å². The van der Waals surface area contributed by atoms with Crippen LogP contribution in [0.5, 0.6) is 0 Å². The maximum atomic E-state index is 12.6. The lowest BCUT2D eigenvalue weighted by molar-refractivity contribution is -0.130. The molecule has 0 aliphatic carbocycles. The van der Waals surface area contributed by atoms with Gasteiger partial charge in [-0.25, -0.2) is 4.98 Å². The molecule has 0 unspecified atom stereocenters. The average Bonchev–Trinajstić information content (AvgIpc) is 3.30. The summed E-state index contributed by atoms with van der Waals surface area (Å²) in [7, 11) is 0. The molecule has 1 fully saturated rings. The number of nitrogens with zero attached hydrogens (tertiary/aromatic N) is 3. The van der Waals surface area contributed by atoms with Gasteiger partial charge in [-0.15, -0.1) is 0 Å². The number of rotatable bonds is 5. The number of hydrogen-bond acceptors (Lipinski definition) is 5. The Hall–Kier alpha value is -4.13. The molecule has 0 atom stereocenters. The molecule has 1 N–H and O–H groups in total. The van der Waals surface area contributed by atoms with E-state index < -0.39 is 0 Å². The molecule has 0 spiro atoms. The van der Waals surface area contributed by atoms with Crippen LogP contribution in [0.2, 0.25) is 0 Å². The quantitative estimate of drug-likeness (QED) is 0.508. The fourth-order valence-corrected chi connectivity index (χ4v) is 4.00. The van der Waals surface area contributed by atoms with Gasteiger partial charge in [0.1, 0.15) is 11.4 Å². The van der Waals surface area contributed by atoms with Crippen LogP contribution in [0, 0.1) is 0 Å². The molecule has 0 bridgehead atoms. The summed E-state index contributed by atoms with van der Waals surface area (Å²) in [5.74, 6) is 0.923. The highest BCUT2D eigenvalue weighted by Crippen LogP contribution is 2.21. The summed E-state index contributed by atoms with van der Waals surface area (Å²) < 4.78 is 5.61. The minimum atomic E-state index is -0.314. The van der Waals surface area contributed by atoms with Crippen molar-refractivity contribution >= 4 is 34.3 Å². The van der Waals surface area contributed by atoms with Gasteiger partial charge in [0.25, 0.3) is 5.91 Å². The minimum Gasteiger partial charge on any atom is -0.451 e. The van der Waals surface area contributed by atoms with Gasteiger partial charge in [-0.05, 0) is 29.8 Å². The molecular weight excluding hydrogens is 416 g/mol. The first-order valence-electron chi connectivity index (χ1n) is 11.0. The molecule has 2 aromatic heterocycles. The third-order valence-electron chi connectivity index (χ3n) is 5.81. The van der Waals surface area contributed by atoms with Crippen molar-refractivity contribution in [1.29, 1.82) is 0 Å². The second-order valence-electron chi connectivity index (χ2n) is 8.04. The van der Waals surface area contributed by atoms with Crippen molar-refractivity contribution in [3.63, 3.8) is 0 Å².